The molecule has 1 unspecified atom stereocenters. The van der Waals surface area contributed by atoms with Crippen LogP contribution in [0.15, 0.2) is 24.3 Å². The summed E-state index contributed by atoms with van der Waals surface area (Å²) in [6, 6.07) is 8.19. The van der Waals surface area contributed by atoms with Crippen LogP contribution in [0.2, 0.25) is 0 Å². The molecule has 6 heteroatoms. The minimum absolute atomic E-state index is 0.0974. The van der Waals surface area contributed by atoms with Gasteiger partial charge in [-0.05, 0) is 63.6 Å². The van der Waals surface area contributed by atoms with Crippen LogP contribution in [0.4, 0.5) is 4.79 Å². The zero-order valence-electron chi connectivity index (χ0n) is 17.0. The number of hydrogen-bond acceptors (Lipinski definition) is 4. The maximum Gasteiger partial charge on any atom is 0.407 e. The Labute approximate surface area is 170 Å². The van der Waals surface area contributed by atoms with E-state index in [0.29, 0.717) is 31.5 Å². The van der Waals surface area contributed by atoms with Crippen molar-refractivity contribution < 1.29 is 14.3 Å². The minimum Gasteiger partial charge on any atom is -0.447 e. The second-order valence-electron chi connectivity index (χ2n) is 9.07. The number of aromatic nitrogens is 1. The van der Waals surface area contributed by atoms with Crippen LogP contribution in [0.3, 0.4) is 0 Å². The Kier molecular flexibility index (Phi) is 4.26. The molecule has 3 aliphatic rings. The monoisotopic (exact) mass is 393 g/mol. The van der Waals surface area contributed by atoms with E-state index in [-0.39, 0.29) is 17.5 Å². The summed E-state index contributed by atoms with van der Waals surface area (Å²) in [4.78, 5) is 31.8. The van der Waals surface area contributed by atoms with Gasteiger partial charge in [0.05, 0.1) is 16.6 Å². The van der Waals surface area contributed by atoms with E-state index in [9.17, 15) is 9.59 Å². The number of likely N-dealkylation sites (tertiary alicyclic amines) is 1. The molecule has 0 bridgehead atoms. The lowest BCUT2D eigenvalue weighted by Crippen LogP contribution is -2.52. The molecular formula is C23H27N3O3. The molecule has 1 aliphatic carbocycles. The summed E-state index contributed by atoms with van der Waals surface area (Å²) >= 11 is 0. The van der Waals surface area contributed by atoms with Crippen LogP contribution in [0.5, 0.6) is 0 Å². The quantitative estimate of drug-likeness (QED) is 0.862. The van der Waals surface area contributed by atoms with Crippen molar-refractivity contribution in [3.8, 4) is 0 Å². The fourth-order valence-corrected chi connectivity index (χ4v) is 4.76. The van der Waals surface area contributed by atoms with Crippen molar-refractivity contribution in [3.63, 3.8) is 0 Å². The number of hydrogen-bond donors (Lipinski definition) is 1. The number of benzene rings is 1. The Hall–Kier alpha value is -2.63. The molecule has 1 saturated carbocycles. The Morgan fingerprint density at radius 1 is 1.21 bits per heavy atom. The fraction of sp³-hybridized carbons (Fsp3) is 0.522. The predicted molar refractivity (Wildman–Crippen MR) is 110 cm³/mol. The highest BCUT2D eigenvalue weighted by Gasteiger charge is 2.43. The second-order valence-corrected chi connectivity index (χ2v) is 9.07. The van der Waals surface area contributed by atoms with Crippen LogP contribution in [-0.4, -0.2) is 47.1 Å². The molecular weight excluding hydrogens is 366 g/mol. The van der Waals surface area contributed by atoms with Gasteiger partial charge in [0.25, 0.3) is 5.91 Å². The molecule has 3 fully saturated rings. The third-order valence-corrected chi connectivity index (χ3v) is 6.78. The lowest BCUT2D eigenvalue weighted by atomic mass is 9.80. The number of amides is 2. The van der Waals surface area contributed by atoms with E-state index in [1.54, 1.807) is 0 Å². The molecule has 2 amide bonds. The molecule has 0 spiro atoms. The molecule has 29 heavy (non-hydrogen) atoms. The zero-order chi connectivity index (χ0) is 20.2. The molecule has 5 rings (SSSR count). The van der Waals surface area contributed by atoms with Gasteiger partial charge < -0.3 is 15.0 Å². The number of aryl methyl sites for hydroxylation is 1. The summed E-state index contributed by atoms with van der Waals surface area (Å²) in [5.74, 6) is 0.917. The van der Waals surface area contributed by atoms with Crippen LogP contribution in [0.25, 0.3) is 10.9 Å². The Morgan fingerprint density at radius 3 is 2.62 bits per heavy atom. The van der Waals surface area contributed by atoms with E-state index in [0.717, 1.165) is 53.4 Å². The smallest absolute Gasteiger partial charge is 0.407 e. The summed E-state index contributed by atoms with van der Waals surface area (Å²) in [7, 11) is 0. The molecule has 2 saturated heterocycles. The van der Waals surface area contributed by atoms with E-state index >= 15 is 0 Å². The number of fused-ring (bicyclic) bond motifs is 1. The van der Waals surface area contributed by atoms with Crippen molar-refractivity contribution in [3.05, 3.63) is 41.1 Å². The number of alkyl carbamates (subject to hydrolysis) is 1. The normalized spacial score (nSPS) is 25.2. The van der Waals surface area contributed by atoms with Gasteiger partial charge in [-0.25, -0.2) is 4.79 Å². The van der Waals surface area contributed by atoms with Crippen molar-refractivity contribution in [2.75, 3.05) is 19.7 Å². The first-order chi connectivity index (χ1) is 13.9. The van der Waals surface area contributed by atoms with Crippen LogP contribution < -0.4 is 5.32 Å². The molecule has 6 nitrogen and oxygen atoms in total. The fourth-order valence-electron chi connectivity index (χ4n) is 4.76. The Bertz CT molecular complexity index is 992. The highest BCUT2D eigenvalue weighted by molar-refractivity contribution is 6.06. The van der Waals surface area contributed by atoms with Crippen molar-refractivity contribution in [1.29, 1.82) is 0 Å². The van der Waals surface area contributed by atoms with Gasteiger partial charge in [-0.3, -0.25) is 9.78 Å². The standard InChI is InChI=1S/C23H27N3O3/c1-14-3-6-19-17(11-14)18(12-20(24-19)15-4-5-15)21(27)26-9-7-16(8-10-26)23(2)13-29-22(28)25-23/h3,6,11-12,15-16H,4-5,7-10,13H2,1-2H3,(H,25,28). The van der Waals surface area contributed by atoms with E-state index in [1.165, 1.54) is 0 Å². The van der Waals surface area contributed by atoms with Crippen LogP contribution >= 0.6 is 0 Å². The second kappa shape index (κ2) is 6.71. The van der Waals surface area contributed by atoms with Gasteiger partial charge in [0.2, 0.25) is 0 Å². The molecule has 0 radical (unpaired) electrons. The number of carbonyl (C=O) groups excluding carboxylic acids is 2. The molecule has 1 aromatic carbocycles. The summed E-state index contributed by atoms with van der Waals surface area (Å²) < 4.78 is 5.13. The molecule has 2 aromatic rings. The topological polar surface area (TPSA) is 71.5 Å². The molecule has 1 aromatic heterocycles. The van der Waals surface area contributed by atoms with E-state index in [2.05, 4.69) is 17.4 Å². The zero-order valence-corrected chi connectivity index (χ0v) is 17.0. The van der Waals surface area contributed by atoms with Crippen molar-refractivity contribution in [1.82, 2.24) is 15.2 Å². The number of nitrogens with one attached hydrogen (secondary N) is 1. The van der Waals surface area contributed by atoms with Gasteiger partial charge >= 0.3 is 6.09 Å². The van der Waals surface area contributed by atoms with Crippen LogP contribution in [0.1, 0.15) is 60.1 Å². The van der Waals surface area contributed by atoms with Crippen LogP contribution in [-0.2, 0) is 4.74 Å². The third kappa shape index (κ3) is 3.34. The molecule has 2 aliphatic heterocycles. The van der Waals surface area contributed by atoms with Crippen molar-refractivity contribution in [2.45, 2.75) is 51.0 Å². The van der Waals surface area contributed by atoms with E-state index in [1.807, 2.05) is 30.9 Å². The van der Waals surface area contributed by atoms with Gasteiger partial charge in [0.1, 0.15) is 6.61 Å². The van der Waals surface area contributed by atoms with Gasteiger partial charge in [-0.2, -0.15) is 0 Å². The SMILES string of the molecule is Cc1ccc2nc(C3CC3)cc(C(=O)N3CCC(C4(C)COC(=O)N4)CC3)c2c1. The summed E-state index contributed by atoms with van der Waals surface area (Å²) in [5, 5.41) is 3.91. The predicted octanol–water partition coefficient (Wildman–Crippen LogP) is 3.77. The average Bonchev–Trinajstić information content (AvgIpc) is 3.51. The van der Waals surface area contributed by atoms with Gasteiger partial charge in [-0.15, -0.1) is 0 Å². The first-order valence-corrected chi connectivity index (χ1v) is 10.6. The number of ether oxygens (including phenoxy) is 1. The highest BCUT2D eigenvalue weighted by atomic mass is 16.6. The summed E-state index contributed by atoms with van der Waals surface area (Å²) in [6.07, 6.45) is 3.72. The number of rotatable bonds is 3. The molecule has 1 N–H and O–H groups in total. The highest BCUT2D eigenvalue weighted by Crippen LogP contribution is 2.40. The first kappa shape index (κ1) is 18.4. The first-order valence-electron chi connectivity index (χ1n) is 10.6. The van der Waals surface area contributed by atoms with Crippen molar-refractivity contribution >= 4 is 22.9 Å². The molecule has 1 atom stereocenters. The molecule has 3 heterocycles. The lowest BCUT2D eigenvalue weighted by molar-refractivity contribution is 0.0625. The van der Waals surface area contributed by atoms with Gasteiger partial charge in [-0.1, -0.05) is 11.6 Å². The van der Waals surface area contributed by atoms with Gasteiger partial charge in [0, 0.05) is 30.1 Å². The average molecular weight is 393 g/mol. The number of nitrogens with zero attached hydrogens (tertiary/aromatic N) is 2. The Balaban J connectivity index is 1.39. The van der Waals surface area contributed by atoms with E-state index in [4.69, 9.17) is 9.72 Å². The summed E-state index contributed by atoms with van der Waals surface area (Å²) in [6.45, 7) is 5.89. The minimum atomic E-state index is -0.336. The number of cyclic esters (lactones) is 1. The summed E-state index contributed by atoms with van der Waals surface area (Å²) in [5.41, 5.74) is 3.56. The number of carbonyl (C=O) groups is 2. The van der Waals surface area contributed by atoms with Crippen LogP contribution in [0, 0.1) is 12.8 Å². The maximum absolute atomic E-state index is 13.5. The Morgan fingerprint density at radius 2 is 1.97 bits per heavy atom. The lowest BCUT2D eigenvalue weighted by Gasteiger charge is -2.39. The van der Waals surface area contributed by atoms with E-state index < -0.39 is 0 Å². The number of pyridine rings is 1. The number of piperidine rings is 1. The third-order valence-electron chi connectivity index (χ3n) is 6.78. The maximum atomic E-state index is 13.5. The molecule has 152 valence electrons. The largest absolute Gasteiger partial charge is 0.447 e. The van der Waals surface area contributed by atoms with Gasteiger partial charge in [0.15, 0.2) is 0 Å². The van der Waals surface area contributed by atoms with Crippen molar-refractivity contribution in [2.24, 2.45) is 5.92 Å².